The van der Waals surface area contributed by atoms with Crippen LogP contribution in [0.5, 0.6) is 0 Å². The number of hydrogen-bond acceptors (Lipinski definition) is 3. The number of carbonyl (C=O) groups excluding carboxylic acids is 1. The maximum atomic E-state index is 11.0. The van der Waals surface area contributed by atoms with E-state index < -0.39 is 12.2 Å². The van der Waals surface area contributed by atoms with Crippen molar-refractivity contribution in [3.63, 3.8) is 0 Å². The number of primary amides is 1. The van der Waals surface area contributed by atoms with Gasteiger partial charge in [0.05, 0.1) is 0 Å². The molecule has 2 atom stereocenters. The van der Waals surface area contributed by atoms with E-state index in [4.69, 9.17) is 10.5 Å². The lowest BCUT2D eigenvalue weighted by atomic mass is 9.77. The van der Waals surface area contributed by atoms with Gasteiger partial charge in [-0.2, -0.15) is 0 Å². The number of carbonyl (C=O) groups is 1. The molecule has 4 nitrogen and oxygen atoms in total. The summed E-state index contributed by atoms with van der Waals surface area (Å²) in [7, 11) is 0. The molecule has 1 heterocycles. The molecule has 0 aromatic rings. The van der Waals surface area contributed by atoms with Crippen LogP contribution in [-0.4, -0.2) is 17.3 Å². The van der Waals surface area contributed by atoms with E-state index in [0.717, 1.165) is 0 Å². The van der Waals surface area contributed by atoms with Gasteiger partial charge < -0.3 is 15.6 Å². The number of allylic oxidation sites excluding steroid dienone is 1. The van der Waals surface area contributed by atoms with Crippen LogP contribution >= 0.6 is 0 Å². The van der Waals surface area contributed by atoms with Gasteiger partial charge in [-0.25, -0.2) is 0 Å². The molecule has 0 bridgehead atoms. The van der Waals surface area contributed by atoms with Crippen LogP contribution in [0.4, 0.5) is 0 Å². The van der Waals surface area contributed by atoms with Crippen LogP contribution in [0.15, 0.2) is 11.8 Å². The highest BCUT2D eigenvalue weighted by Crippen LogP contribution is 2.36. The Hall–Kier alpha value is -1.03. The molecule has 0 unspecified atom stereocenters. The largest absolute Gasteiger partial charge is 0.460 e. The molecule has 0 aromatic carbocycles. The van der Waals surface area contributed by atoms with Gasteiger partial charge in [0.2, 0.25) is 0 Å². The third kappa shape index (κ3) is 2.55. The third-order valence-corrected chi connectivity index (χ3v) is 3.60. The van der Waals surface area contributed by atoms with E-state index in [1.165, 1.54) is 32.1 Å². The zero-order valence-corrected chi connectivity index (χ0v) is 9.39. The number of nitrogens with two attached hydrogens (primary N) is 1. The summed E-state index contributed by atoms with van der Waals surface area (Å²) in [6, 6.07) is 0. The van der Waals surface area contributed by atoms with E-state index >= 15 is 0 Å². The molecule has 90 valence electrons. The van der Waals surface area contributed by atoms with Gasteiger partial charge >= 0.3 is 0 Å². The van der Waals surface area contributed by atoms with Gasteiger partial charge in [0.1, 0.15) is 0 Å². The second kappa shape index (κ2) is 4.87. The second-order valence-corrected chi connectivity index (χ2v) is 4.77. The van der Waals surface area contributed by atoms with Crippen molar-refractivity contribution in [1.82, 2.24) is 0 Å². The smallest absolute Gasteiger partial charge is 0.283 e. The minimum Gasteiger partial charge on any atom is -0.460 e. The number of amides is 1. The fraction of sp³-hybridized carbons (Fsp3) is 0.750. The Kier molecular flexibility index (Phi) is 3.49. The van der Waals surface area contributed by atoms with Gasteiger partial charge in [-0.15, -0.1) is 0 Å². The highest BCUT2D eigenvalue weighted by atomic mass is 16.6. The fourth-order valence-corrected chi connectivity index (χ4v) is 2.76. The quantitative estimate of drug-likeness (QED) is 0.743. The van der Waals surface area contributed by atoms with E-state index in [1.807, 2.05) is 6.08 Å². The summed E-state index contributed by atoms with van der Waals surface area (Å²) < 4.78 is 5.01. The molecule has 1 aliphatic carbocycles. The maximum Gasteiger partial charge on any atom is 0.283 e. The number of ether oxygens (including phenoxy) is 1. The summed E-state index contributed by atoms with van der Waals surface area (Å²) in [5.74, 6) is 0.363. The van der Waals surface area contributed by atoms with Crippen molar-refractivity contribution < 1.29 is 14.6 Å². The Morgan fingerprint density at radius 1 is 1.38 bits per heavy atom. The Bertz CT molecular complexity index is 295. The van der Waals surface area contributed by atoms with Crippen LogP contribution in [0.1, 0.15) is 38.5 Å². The molecule has 1 amide bonds. The minimum absolute atomic E-state index is 0.134. The van der Waals surface area contributed by atoms with Crippen LogP contribution in [0, 0.1) is 11.8 Å². The van der Waals surface area contributed by atoms with Crippen LogP contribution in [0.25, 0.3) is 0 Å². The number of aliphatic hydroxyl groups excluding tert-OH is 1. The van der Waals surface area contributed by atoms with Gasteiger partial charge in [-0.1, -0.05) is 19.3 Å². The average Bonchev–Trinajstić information content (AvgIpc) is 2.29. The van der Waals surface area contributed by atoms with Gasteiger partial charge in [-0.3, -0.25) is 4.79 Å². The van der Waals surface area contributed by atoms with Gasteiger partial charge in [0.15, 0.2) is 12.0 Å². The van der Waals surface area contributed by atoms with Crippen LogP contribution in [-0.2, 0) is 9.53 Å². The van der Waals surface area contributed by atoms with Crippen molar-refractivity contribution in [2.24, 2.45) is 17.6 Å². The molecule has 1 aliphatic heterocycles. The zero-order chi connectivity index (χ0) is 11.5. The molecule has 3 N–H and O–H groups in total. The SMILES string of the molecule is NC(=O)C1=C[C@H](C2CCCCC2)C[C@H](O)O1. The lowest BCUT2D eigenvalue weighted by Crippen LogP contribution is -2.31. The third-order valence-electron chi connectivity index (χ3n) is 3.60. The van der Waals surface area contributed by atoms with Gasteiger partial charge in [0.25, 0.3) is 5.91 Å². The topological polar surface area (TPSA) is 72.6 Å². The van der Waals surface area contributed by atoms with E-state index in [2.05, 4.69) is 0 Å². The molecule has 1 saturated carbocycles. The first-order valence-electron chi connectivity index (χ1n) is 6.03. The first-order valence-corrected chi connectivity index (χ1v) is 6.03. The summed E-state index contributed by atoms with van der Waals surface area (Å²) >= 11 is 0. The highest BCUT2D eigenvalue weighted by Gasteiger charge is 2.30. The predicted molar refractivity (Wildman–Crippen MR) is 59.1 cm³/mol. The average molecular weight is 225 g/mol. The Labute approximate surface area is 95.5 Å². The van der Waals surface area contributed by atoms with Crippen LogP contribution in [0.2, 0.25) is 0 Å². The maximum absolute atomic E-state index is 11.0. The molecule has 0 saturated heterocycles. The Morgan fingerprint density at radius 2 is 2.06 bits per heavy atom. The van der Waals surface area contributed by atoms with E-state index in [0.29, 0.717) is 12.3 Å². The zero-order valence-electron chi connectivity index (χ0n) is 9.39. The summed E-state index contributed by atoms with van der Waals surface area (Å²) in [4.78, 5) is 11.0. The summed E-state index contributed by atoms with van der Waals surface area (Å²) in [6.45, 7) is 0. The van der Waals surface area contributed by atoms with Crippen LogP contribution in [0.3, 0.4) is 0 Å². The molecule has 0 radical (unpaired) electrons. The van der Waals surface area contributed by atoms with Gasteiger partial charge in [-0.05, 0) is 30.8 Å². The highest BCUT2D eigenvalue weighted by molar-refractivity contribution is 5.90. The Balaban J connectivity index is 2.07. The van der Waals surface area contributed by atoms with Crippen molar-refractivity contribution in [3.05, 3.63) is 11.8 Å². The van der Waals surface area contributed by atoms with E-state index in [9.17, 15) is 9.90 Å². The van der Waals surface area contributed by atoms with Crippen LogP contribution < -0.4 is 5.73 Å². The summed E-state index contributed by atoms with van der Waals surface area (Å²) in [6.07, 6.45) is 7.68. The molecule has 4 heteroatoms. The summed E-state index contributed by atoms with van der Waals surface area (Å²) in [5, 5.41) is 9.56. The molecule has 1 fully saturated rings. The number of hydrogen-bond donors (Lipinski definition) is 2. The first kappa shape index (κ1) is 11.5. The molecule has 0 aromatic heterocycles. The lowest BCUT2D eigenvalue weighted by molar-refractivity contribution is -0.131. The molecule has 0 spiro atoms. The molecule has 2 rings (SSSR count). The predicted octanol–water partition coefficient (Wildman–Crippen LogP) is 1.29. The number of rotatable bonds is 2. The lowest BCUT2D eigenvalue weighted by Gasteiger charge is -2.33. The van der Waals surface area contributed by atoms with Crippen molar-refractivity contribution >= 4 is 5.91 Å². The monoisotopic (exact) mass is 225 g/mol. The van der Waals surface area contributed by atoms with Gasteiger partial charge in [0, 0.05) is 6.42 Å². The van der Waals surface area contributed by atoms with Crippen molar-refractivity contribution in [2.45, 2.75) is 44.8 Å². The number of aliphatic hydroxyl groups is 1. The van der Waals surface area contributed by atoms with E-state index in [1.54, 1.807) is 0 Å². The molecular weight excluding hydrogens is 206 g/mol. The van der Waals surface area contributed by atoms with E-state index in [-0.39, 0.29) is 11.7 Å². The van der Waals surface area contributed by atoms with Crippen molar-refractivity contribution in [1.29, 1.82) is 0 Å². The standard InChI is InChI=1S/C12H19NO3/c13-12(15)10-6-9(7-11(14)16-10)8-4-2-1-3-5-8/h6,8-9,11,14H,1-5,7H2,(H2,13,15)/t9-,11+/m0/s1. The first-order chi connectivity index (χ1) is 7.66. The molecule has 2 aliphatic rings. The fourth-order valence-electron chi connectivity index (χ4n) is 2.76. The molecule has 16 heavy (non-hydrogen) atoms. The minimum atomic E-state index is -0.876. The van der Waals surface area contributed by atoms with Crippen molar-refractivity contribution in [3.8, 4) is 0 Å². The molecular formula is C12H19NO3. The normalized spacial score (nSPS) is 31.7. The Morgan fingerprint density at radius 3 is 2.69 bits per heavy atom. The second-order valence-electron chi connectivity index (χ2n) is 4.77. The van der Waals surface area contributed by atoms with Crippen molar-refractivity contribution in [2.75, 3.05) is 0 Å². The summed E-state index contributed by atoms with van der Waals surface area (Å²) in [5.41, 5.74) is 5.18.